The van der Waals surface area contributed by atoms with Gasteiger partial charge in [-0.05, 0) is 71.5 Å². The van der Waals surface area contributed by atoms with Gasteiger partial charge in [-0.15, -0.1) is 0 Å². The summed E-state index contributed by atoms with van der Waals surface area (Å²) in [5.74, 6) is 3.55. The van der Waals surface area contributed by atoms with Crippen molar-refractivity contribution in [2.75, 3.05) is 13.2 Å². The van der Waals surface area contributed by atoms with Crippen molar-refractivity contribution < 1.29 is 14.2 Å². The van der Waals surface area contributed by atoms with Crippen molar-refractivity contribution in [2.45, 2.75) is 217 Å². The van der Waals surface area contributed by atoms with E-state index in [2.05, 4.69) is 172 Å². The fraction of sp³-hybridized carbons (Fsp3) is 0.500. The molecule has 0 atom stereocenters. The third-order valence-corrected chi connectivity index (χ3v) is 16.4. The molecule has 0 spiro atoms. The molecule has 0 unspecified atom stereocenters. The summed E-state index contributed by atoms with van der Waals surface area (Å²) in [4.78, 5) is 0. The summed E-state index contributed by atoms with van der Waals surface area (Å²) in [7, 11) is 0. The molecule has 0 amide bonds. The second-order valence-corrected chi connectivity index (χ2v) is 22.0. The van der Waals surface area contributed by atoms with Crippen molar-refractivity contribution in [3.63, 3.8) is 0 Å². The van der Waals surface area contributed by atoms with Crippen molar-refractivity contribution in [1.29, 1.82) is 0 Å². The maximum absolute atomic E-state index is 6.92. The fourth-order valence-corrected chi connectivity index (χ4v) is 12.4. The lowest BCUT2D eigenvalue weighted by atomic mass is 9.46. The molecule has 0 aliphatic carbocycles. The Hall–Kier alpha value is -5.28. The zero-order chi connectivity index (χ0) is 51.9. The smallest absolute Gasteiger partial charge is 0.131 e. The van der Waals surface area contributed by atoms with Crippen LogP contribution in [0.4, 0.5) is 0 Å². The summed E-state index contributed by atoms with van der Waals surface area (Å²) < 4.78 is 20.0. The molecule has 1 aliphatic rings. The molecule has 0 bridgehead atoms. The molecular formula is C72H96O3. The zero-order valence-electron chi connectivity index (χ0n) is 46.9. The molecule has 0 aromatic heterocycles. The number of benzene rings is 6. The normalized spacial score (nSPS) is 12.7. The van der Waals surface area contributed by atoms with E-state index >= 15 is 0 Å². The van der Waals surface area contributed by atoms with Crippen molar-refractivity contribution >= 4 is 0 Å². The van der Waals surface area contributed by atoms with Crippen LogP contribution in [0, 0.1) is 0 Å². The van der Waals surface area contributed by atoms with Gasteiger partial charge < -0.3 is 14.2 Å². The Labute approximate surface area is 456 Å². The fourth-order valence-electron chi connectivity index (χ4n) is 12.4. The van der Waals surface area contributed by atoms with Gasteiger partial charge in [0.25, 0.3) is 0 Å². The third kappa shape index (κ3) is 16.1. The number of para-hydroxylation sites is 2. The second-order valence-electron chi connectivity index (χ2n) is 22.0. The van der Waals surface area contributed by atoms with Crippen molar-refractivity contribution in [3.8, 4) is 23.0 Å². The minimum atomic E-state index is -0.801. The minimum absolute atomic E-state index is 0.730. The van der Waals surface area contributed by atoms with E-state index in [0.717, 1.165) is 60.2 Å². The van der Waals surface area contributed by atoms with Gasteiger partial charge in [-0.2, -0.15) is 0 Å². The molecule has 0 radical (unpaired) electrons. The van der Waals surface area contributed by atoms with E-state index in [1.165, 1.54) is 202 Å². The van der Waals surface area contributed by atoms with E-state index in [1.54, 1.807) is 0 Å². The number of fused-ring (bicyclic) bond motifs is 2. The van der Waals surface area contributed by atoms with Gasteiger partial charge in [0.15, 0.2) is 0 Å². The van der Waals surface area contributed by atoms with Crippen LogP contribution >= 0.6 is 0 Å². The van der Waals surface area contributed by atoms with E-state index in [0.29, 0.717) is 0 Å². The molecule has 6 aromatic carbocycles. The molecule has 7 rings (SSSR count). The molecule has 0 saturated carbocycles. The lowest BCUT2D eigenvalue weighted by molar-refractivity contribution is 0.303. The number of ether oxygens (including phenoxy) is 3. The van der Waals surface area contributed by atoms with Crippen LogP contribution in [0.25, 0.3) is 0 Å². The molecule has 75 heavy (non-hydrogen) atoms. The van der Waals surface area contributed by atoms with Crippen molar-refractivity contribution in [3.05, 3.63) is 191 Å². The highest BCUT2D eigenvalue weighted by Crippen LogP contribution is 2.65. The lowest BCUT2D eigenvalue weighted by Gasteiger charge is -2.55. The number of unbranched alkanes of at least 4 members (excludes halogenated alkanes) is 28. The van der Waals surface area contributed by atoms with Crippen LogP contribution in [0.5, 0.6) is 23.0 Å². The first-order valence-electron chi connectivity index (χ1n) is 30.7. The van der Waals surface area contributed by atoms with Gasteiger partial charge in [0, 0.05) is 11.1 Å². The Kier molecular flexibility index (Phi) is 25.3. The summed E-state index contributed by atoms with van der Waals surface area (Å²) >= 11 is 0. The highest BCUT2D eigenvalue weighted by Gasteiger charge is 2.61. The van der Waals surface area contributed by atoms with Gasteiger partial charge >= 0.3 is 0 Å². The van der Waals surface area contributed by atoms with E-state index in [-0.39, 0.29) is 0 Å². The molecule has 3 nitrogen and oxygen atoms in total. The van der Waals surface area contributed by atoms with E-state index in [9.17, 15) is 0 Å². The molecule has 6 aromatic rings. The van der Waals surface area contributed by atoms with Gasteiger partial charge in [-0.3, -0.25) is 0 Å². The van der Waals surface area contributed by atoms with Crippen LogP contribution in [-0.4, -0.2) is 13.2 Å². The highest BCUT2D eigenvalue weighted by molar-refractivity contribution is 5.73. The van der Waals surface area contributed by atoms with Gasteiger partial charge in [0.2, 0.25) is 0 Å². The van der Waals surface area contributed by atoms with Crippen LogP contribution in [0.1, 0.15) is 240 Å². The molecule has 3 heteroatoms. The van der Waals surface area contributed by atoms with Crippen LogP contribution in [0.15, 0.2) is 158 Å². The van der Waals surface area contributed by atoms with E-state index in [4.69, 9.17) is 14.2 Å². The highest BCUT2D eigenvalue weighted by atomic mass is 16.5. The Morgan fingerprint density at radius 3 is 0.960 bits per heavy atom. The van der Waals surface area contributed by atoms with Crippen LogP contribution in [0.2, 0.25) is 0 Å². The number of hydrogen-bond donors (Lipinski definition) is 0. The topological polar surface area (TPSA) is 27.7 Å². The largest absolute Gasteiger partial charge is 0.494 e. The summed E-state index contributed by atoms with van der Waals surface area (Å²) in [5, 5.41) is 0. The molecular weight excluding hydrogens is 913 g/mol. The summed E-state index contributed by atoms with van der Waals surface area (Å²) in [6.45, 7) is 6.06. The van der Waals surface area contributed by atoms with Crippen LogP contribution in [0.3, 0.4) is 0 Å². The van der Waals surface area contributed by atoms with Gasteiger partial charge in [-0.25, -0.2) is 0 Å². The molecule has 0 saturated heterocycles. The van der Waals surface area contributed by atoms with Gasteiger partial charge in [-0.1, -0.05) is 315 Å². The average molecular weight is 1010 g/mol. The molecule has 0 N–H and O–H groups in total. The van der Waals surface area contributed by atoms with Crippen molar-refractivity contribution in [2.24, 2.45) is 0 Å². The molecule has 1 heterocycles. The molecule has 402 valence electrons. The zero-order valence-corrected chi connectivity index (χ0v) is 46.9. The Bertz CT molecular complexity index is 2320. The first-order chi connectivity index (χ1) is 37.2. The average Bonchev–Trinajstić information content (AvgIpc) is 3.51. The molecule has 1 aliphatic heterocycles. The van der Waals surface area contributed by atoms with Crippen LogP contribution < -0.4 is 14.2 Å². The SMILES string of the molecule is CCCCCCCCCCCCCCCCCCOc1ccc(C2(C(c3ccccc3)(c3ccccc3)c3ccc(OCCCCCCCCCCCCCCCC)cc3)c3ccccc3Oc3ccccc32)cc1. The maximum Gasteiger partial charge on any atom is 0.131 e. The lowest BCUT2D eigenvalue weighted by Crippen LogP contribution is -2.53. The summed E-state index contributed by atoms with van der Waals surface area (Å²) in [6, 6.07) is 57.9. The first-order valence-corrected chi connectivity index (χ1v) is 30.7. The third-order valence-electron chi connectivity index (χ3n) is 16.4. The van der Waals surface area contributed by atoms with Crippen LogP contribution in [-0.2, 0) is 10.8 Å². The quantitative estimate of drug-likeness (QED) is 0.0284. The Morgan fingerprint density at radius 2 is 0.600 bits per heavy atom. The standard InChI is InChI=1S/C72H96O3/c1-3-5-7-9-11-13-15-17-19-20-22-24-26-28-30-42-60-74-66-57-53-64(54-58-66)72(67-47-37-39-49-69(67)75-70-50-40-38-48-68(70)72)71(61-43-33-31-34-44-61,62-45-35-32-36-46-62)63-51-55-65(56-52-63)73-59-41-29-27-25-23-21-18-16-14-12-10-8-6-4-2/h31-40,43-58H,3-30,41-42,59-60H2,1-2H3. The summed E-state index contributed by atoms with van der Waals surface area (Å²) in [5.41, 5.74) is 5.40. The van der Waals surface area contributed by atoms with Gasteiger partial charge in [0.1, 0.15) is 23.0 Å². The number of rotatable bonds is 39. The van der Waals surface area contributed by atoms with Gasteiger partial charge in [0.05, 0.1) is 24.0 Å². The van der Waals surface area contributed by atoms with Crippen molar-refractivity contribution in [1.82, 2.24) is 0 Å². The predicted molar refractivity (Wildman–Crippen MR) is 319 cm³/mol. The maximum atomic E-state index is 6.92. The Morgan fingerprint density at radius 1 is 0.307 bits per heavy atom. The predicted octanol–water partition coefficient (Wildman–Crippen LogP) is 21.7. The monoisotopic (exact) mass is 1010 g/mol. The molecule has 0 fully saturated rings. The summed E-state index contributed by atoms with van der Waals surface area (Å²) in [6.07, 6.45) is 40.7. The Balaban J connectivity index is 1.05. The number of hydrogen-bond acceptors (Lipinski definition) is 3. The first kappa shape index (κ1) is 57.4. The van der Waals surface area contributed by atoms with E-state index < -0.39 is 10.8 Å². The second kappa shape index (κ2) is 33.0. The van der Waals surface area contributed by atoms with E-state index in [1.807, 2.05) is 0 Å². The minimum Gasteiger partial charge on any atom is -0.494 e.